The largest absolute Gasteiger partial charge is 0.479 e. The molecule has 5 heteroatoms. The highest BCUT2D eigenvalue weighted by Gasteiger charge is 2.17. The van der Waals surface area contributed by atoms with E-state index in [9.17, 15) is 4.79 Å². The smallest absolute Gasteiger partial charge is 0.333 e. The molecule has 0 amide bonds. The molecule has 1 unspecified atom stereocenters. The molecule has 0 aliphatic carbocycles. The molecule has 0 saturated carbocycles. The molecular formula is C11H14O5. The van der Waals surface area contributed by atoms with Gasteiger partial charge in [-0.3, -0.25) is 0 Å². The SMILES string of the molecule is CCOC(Cc1ccc(OO)cc1)C(=O)O. The third-order valence-corrected chi connectivity index (χ3v) is 2.09. The van der Waals surface area contributed by atoms with Gasteiger partial charge in [0.25, 0.3) is 0 Å². The lowest BCUT2D eigenvalue weighted by Crippen LogP contribution is -2.26. The Morgan fingerprint density at radius 1 is 1.38 bits per heavy atom. The molecule has 0 aliphatic heterocycles. The number of ether oxygens (including phenoxy) is 1. The Morgan fingerprint density at radius 3 is 2.44 bits per heavy atom. The van der Waals surface area contributed by atoms with Gasteiger partial charge < -0.3 is 14.7 Å². The third kappa shape index (κ3) is 3.52. The van der Waals surface area contributed by atoms with Crippen LogP contribution >= 0.6 is 0 Å². The van der Waals surface area contributed by atoms with Gasteiger partial charge in [-0.25, -0.2) is 10.1 Å². The normalized spacial score (nSPS) is 12.1. The number of carbonyl (C=O) groups is 1. The fraction of sp³-hybridized carbons (Fsp3) is 0.364. The summed E-state index contributed by atoms with van der Waals surface area (Å²) >= 11 is 0. The Kier molecular flexibility index (Phi) is 4.75. The lowest BCUT2D eigenvalue weighted by atomic mass is 10.1. The molecule has 2 N–H and O–H groups in total. The summed E-state index contributed by atoms with van der Waals surface area (Å²) in [5.41, 5.74) is 0.807. The first kappa shape index (κ1) is 12.5. The Labute approximate surface area is 93.2 Å². The van der Waals surface area contributed by atoms with Crippen LogP contribution in [0, 0.1) is 0 Å². The molecule has 16 heavy (non-hydrogen) atoms. The van der Waals surface area contributed by atoms with E-state index in [-0.39, 0.29) is 6.42 Å². The number of rotatable bonds is 6. The van der Waals surface area contributed by atoms with E-state index in [4.69, 9.17) is 15.1 Å². The van der Waals surface area contributed by atoms with Crippen LogP contribution in [0.3, 0.4) is 0 Å². The summed E-state index contributed by atoms with van der Waals surface area (Å²) in [5, 5.41) is 17.2. The van der Waals surface area contributed by atoms with Crippen LogP contribution in [0.1, 0.15) is 12.5 Å². The van der Waals surface area contributed by atoms with E-state index in [0.717, 1.165) is 5.56 Å². The number of hydrogen-bond donors (Lipinski definition) is 2. The molecule has 0 spiro atoms. The van der Waals surface area contributed by atoms with E-state index in [1.165, 1.54) is 0 Å². The van der Waals surface area contributed by atoms with Crippen LogP contribution in [-0.4, -0.2) is 29.0 Å². The Balaban J connectivity index is 2.65. The van der Waals surface area contributed by atoms with Crippen LogP contribution in [0.5, 0.6) is 5.75 Å². The number of aliphatic carboxylic acids is 1. The van der Waals surface area contributed by atoms with Crippen LogP contribution in [-0.2, 0) is 16.0 Å². The Hall–Kier alpha value is -1.59. The van der Waals surface area contributed by atoms with Crippen molar-refractivity contribution in [1.29, 1.82) is 0 Å². The first-order chi connectivity index (χ1) is 7.67. The highest BCUT2D eigenvalue weighted by atomic mass is 17.1. The topological polar surface area (TPSA) is 76.0 Å². The monoisotopic (exact) mass is 226 g/mol. The summed E-state index contributed by atoms with van der Waals surface area (Å²) in [6.45, 7) is 2.10. The van der Waals surface area contributed by atoms with E-state index < -0.39 is 12.1 Å². The molecule has 1 aromatic carbocycles. The lowest BCUT2D eigenvalue weighted by Gasteiger charge is -2.12. The predicted molar refractivity (Wildman–Crippen MR) is 56.5 cm³/mol. The van der Waals surface area contributed by atoms with Gasteiger partial charge in [0.05, 0.1) is 0 Å². The van der Waals surface area contributed by atoms with Crippen molar-refractivity contribution in [3.8, 4) is 5.75 Å². The van der Waals surface area contributed by atoms with Gasteiger partial charge in [-0.1, -0.05) is 12.1 Å². The number of carboxylic acid groups (broad SMARTS) is 1. The summed E-state index contributed by atoms with van der Waals surface area (Å²) < 4.78 is 5.08. The standard InChI is InChI=1S/C11H14O5/c1-2-15-10(11(12)13)7-8-3-5-9(16-14)6-4-8/h3-6,10,14H,2,7H2,1H3,(H,12,13). The van der Waals surface area contributed by atoms with Crippen LogP contribution in [0.15, 0.2) is 24.3 Å². The van der Waals surface area contributed by atoms with E-state index in [2.05, 4.69) is 4.89 Å². The van der Waals surface area contributed by atoms with Crippen molar-refractivity contribution in [1.82, 2.24) is 0 Å². The second-order valence-electron chi connectivity index (χ2n) is 3.22. The first-order valence-electron chi connectivity index (χ1n) is 4.92. The van der Waals surface area contributed by atoms with Gasteiger partial charge in [-0.2, -0.15) is 0 Å². The van der Waals surface area contributed by atoms with Gasteiger partial charge in [0.2, 0.25) is 0 Å². The predicted octanol–water partition coefficient (Wildman–Crippen LogP) is 1.57. The molecule has 0 heterocycles. The van der Waals surface area contributed by atoms with Crippen LogP contribution < -0.4 is 4.89 Å². The number of carboxylic acids is 1. The summed E-state index contributed by atoms with van der Waals surface area (Å²) in [5.74, 6) is -0.670. The highest BCUT2D eigenvalue weighted by Crippen LogP contribution is 2.13. The molecule has 0 aromatic heterocycles. The van der Waals surface area contributed by atoms with Crippen LogP contribution in [0.2, 0.25) is 0 Å². The molecule has 0 radical (unpaired) electrons. The molecule has 1 rings (SSSR count). The third-order valence-electron chi connectivity index (χ3n) is 2.09. The van der Waals surface area contributed by atoms with Gasteiger partial charge in [0.1, 0.15) is 0 Å². The fourth-order valence-electron chi connectivity index (χ4n) is 1.32. The fourth-order valence-corrected chi connectivity index (χ4v) is 1.32. The minimum Gasteiger partial charge on any atom is -0.479 e. The summed E-state index contributed by atoms with van der Waals surface area (Å²) in [7, 11) is 0. The minimum atomic E-state index is -0.982. The molecule has 1 atom stereocenters. The maximum Gasteiger partial charge on any atom is 0.333 e. The van der Waals surface area contributed by atoms with E-state index in [0.29, 0.717) is 12.4 Å². The number of benzene rings is 1. The quantitative estimate of drug-likeness (QED) is 0.568. The zero-order valence-electron chi connectivity index (χ0n) is 8.92. The van der Waals surface area contributed by atoms with Gasteiger partial charge in [0.15, 0.2) is 11.9 Å². The molecule has 88 valence electrons. The number of hydrogen-bond acceptors (Lipinski definition) is 4. The van der Waals surface area contributed by atoms with Crippen molar-refractivity contribution in [2.75, 3.05) is 6.61 Å². The molecule has 0 bridgehead atoms. The van der Waals surface area contributed by atoms with Crippen molar-refractivity contribution < 1.29 is 24.8 Å². The van der Waals surface area contributed by atoms with E-state index >= 15 is 0 Å². The maximum absolute atomic E-state index is 10.8. The van der Waals surface area contributed by atoms with Crippen LogP contribution in [0.25, 0.3) is 0 Å². The van der Waals surface area contributed by atoms with Crippen molar-refractivity contribution in [3.05, 3.63) is 29.8 Å². The Morgan fingerprint density at radius 2 is 2.00 bits per heavy atom. The molecule has 1 aromatic rings. The summed E-state index contributed by atoms with van der Waals surface area (Å²) in [4.78, 5) is 14.8. The lowest BCUT2D eigenvalue weighted by molar-refractivity contribution is -0.149. The van der Waals surface area contributed by atoms with Crippen molar-refractivity contribution in [2.24, 2.45) is 0 Å². The van der Waals surface area contributed by atoms with Gasteiger partial charge in [-0.15, -0.1) is 0 Å². The summed E-state index contributed by atoms with van der Waals surface area (Å²) in [6, 6.07) is 6.47. The zero-order chi connectivity index (χ0) is 12.0. The van der Waals surface area contributed by atoms with Crippen molar-refractivity contribution >= 4 is 5.97 Å². The zero-order valence-corrected chi connectivity index (χ0v) is 8.92. The van der Waals surface area contributed by atoms with Gasteiger partial charge in [0, 0.05) is 13.0 Å². The molecule has 0 aliphatic rings. The molecular weight excluding hydrogens is 212 g/mol. The van der Waals surface area contributed by atoms with Crippen LogP contribution in [0.4, 0.5) is 0 Å². The van der Waals surface area contributed by atoms with Gasteiger partial charge in [-0.05, 0) is 24.6 Å². The van der Waals surface area contributed by atoms with Crippen molar-refractivity contribution in [2.45, 2.75) is 19.4 Å². The molecule has 0 fully saturated rings. The van der Waals surface area contributed by atoms with Crippen molar-refractivity contribution in [3.63, 3.8) is 0 Å². The summed E-state index contributed by atoms with van der Waals surface area (Å²) in [6.07, 6.45) is -0.555. The minimum absolute atomic E-state index is 0.287. The second-order valence-corrected chi connectivity index (χ2v) is 3.22. The second kappa shape index (κ2) is 6.09. The molecule has 0 saturated heterocycles. The molecule has 5 nitrogen and oxygen atoms in total. The highest BCUT2D eigenvalue weighted by molar-refractivity contribution is 5.72. The van der Waals surface area contributed by atoms with Gasteiger partial charge >= 0.3 is 5.97 Å². The maximum atomic E-state index is 10.8. The average Bonchev–Trinajstić information content (AvgIpc) is 2.29. The van der Waals surface area contributed by atoms with E-state index in [1.807, 2.05) is 0 Å². The Bertz CT molecular complexity index is 333. The van der Waals surface area contributed by atoms with E-state index in [1.54, 1.807) is 31.2 Å². The average molecular weight is 226 g/mol. The first-order valence-corrected chi connectivity index (χ1v) is 4.92.